The van der Waals surface area contributed by atoms with Gasteiger partial charge in [0, 0.05) is 17.1 Å². The average Bonchev–Trinajstić information content (AvgIpc) is 3.61. The van der Waals surface area contributed by atoms with Crippen molar-refractivity contribution in [2.45, 2.75) is 10.5 Å². The normalized spacial score (nSPS) is 14.3. The summed E-state index contributed by atoms with van der Waals surface area (Å²) in [5.41, 5.74) is 19.0. The van der Waals surface area contributed by atoms with E-state index >= 15 is 0 Å². The average molecular weight is 763 g/mol. The fourth-order valence-electron chi connectivity index (χ4n) is 9.27. The van der Waals surface area contributed by atoms with E-state index in [1.807, 2.05) is 0 Å². The standard InChI is InChI=1S/C56H44B3N/c57-56(58,59)47-30-28-46(29-31-47)55(45-16-8-3-9-17-45)53-19-11-10-18-51(53)52-37-36-50(38-54(52)55)60(48-32-24-43(25-33-48)40-14-6-2-7-15-40)49-34-26-44(27-35-49)42-22-20-41(21-23-42)39-12-4-1-5-13-39/h1-38H,57-59H2. The molecule has 0 heterocycles. The molecule has 0 amide bonds. The highest BCUT2D eigenvalue weighted by molar-refractivity contribution is 6.58. The maximum Gasteiger partial charge on any atom is 0.0955 e. The van der Waals surface area contributed by atoms with Crippen molar-refractivity contribution in [1.29, 1.82) is 0 Å². The zero-order valence-corrected chi connectivity index (χ0v) is 34.4. The van der Waals surface area contributed by atoms with Gasteiger partial charge in [-0.3, -0.25) is 0 Å². The Labute approximate surface area is 357 Å². The zero-order chi connectivity index (χ0) is 40.7. The van der Waals surface area contributed by atoms with Crippen molar-refractivity contribution < 1.29 is 0 Å². The minimum absolute atomic E-state index is 0.0504. The minimum Gasteiger partial charge on any atom is -0.310 e. The Hall–Kier alpha value is -7.03. The van der Waals surface area contributed by atoms with E-state index in [0.29, 0.717) is 0 Å². The summed E-state index contributed by atoms with van der Waals surface area (Å²) in [5, 5.41) is 0.0504. The summed E-state index contributed by atoms with van der Waals surface area (Å²) in [6.07, 6.45) is 0. The number of nitrogens with zero attached hydrogens (tertiary/aromatic N) is 1. The van der Waals surface area contributed by atoms with Gasteiger partial charge in [0.2, 0.25) is 0 Å². The third kappa shape index (κ3) is 6.59. The van der Waals surface area contributed by atoms with Crippen LogP contribution in [-0.4, -0.2) is 23.5 Å². The largest absolute Gasteiger partial charge is 0.310 e. The molecule has 1 atom stereocenters. The Kier molecular flexibility index (Phi) is 9.50. The second-order valence-electron chi connectivity index (χ2n) is 17.0. The van der Waals surface area contributed by atoms with Gasteiger partial charge in [-0.2, -0.15) is 0 Å². The number of hydrogen-bond donors (Lipinski definition) is 0. The topological polar surface area (TPSA) is 3.24 Å². The summed E-state index contributed by atoms with van der Waals surface area (Å²) in [7, 11) is 6.86. The van der Waals surface area contributed by atoms with Crippen LogP contribution >= 0.6 is 0 Å². The van der Waals surface area contributed by atoms with Crippen LogP contribution in [0.2, 0.25) is 0 Å². The molecular formula is C56H44B3N. The third-order valence-electron chi connectivity index (χ3n) is 12.4. The molecular weight excluding hydrogens is 719 g/mol. The molecule has 60 heavy (non-hydrogen) atoms. The quantitative estimate of drug-likeness (QED) is 0.132. The van der Waals surface area contributed by atoms with Crippen LogP contribution in [0.1, 0.15) is 27.8 Å². The first-order valence-corrected chi connectivity index (χ1v) is 21.0. The van der Waals surface area contributed by atoms with Gasteiger partial charge >= 0.3 is 0 Å². The first-order chi connectivity index (χ1) is 29.4. The molecule has 0 spiro atoms. The summed E-state index contributed by atoms with van der Waals surface area (Å²) in [4.78, 5) is 2.42. The predicted molar refractivity (Wildman–Crippen MR) is 262 cm³/mol. The molecule has 10 rings (SSSR count). The Morgan fingerprint density at radius 3 is 1.20 bits per heavy atom. The van der Waals surface area contributed by atoms with Gasteiger partial charge in [-0.15, -0.1) is 0 Å². The molecule has 0 fully saturated rings. The highest BCUT2D eigenvalue weighted by atomic mass is 15.1. The number of anilines is 3. The van der Waals surface area contributed by atoms with Crippen molar-refractivity contribution in [3.8, 4) is 44.5 Å². The van der Waals surface area contributed by atoms with Crippen molar-refractivity contribution in [1.82, 2.24) is 0 Å². The lowest BCUT2D eigenvalue weighted by Gasteiger charge is -2.35. The third-order valence-corrected chi connectivity index (χ3v) is 12.4. The molecule has 282 valence electrons. The molecule has 1 aliphatic carbocycles. The Balaban J connectivity index is 1.13. The van der Waals surface area contributed by atoms with Crippen LogP contribution in [0.5, 0.6) is 0 Å². The summed E-state index contributed by atoms with van der Waals surface area (Å²) in [6.45, 7) is 0. The molecule has 0 N–H and O–H groups in total. The second-order valence-corrected chi connectivity index (χ2v) is 17.0. The second kappa shape index (κ2) is 15.3. The molecule has 4 heteroatoms. The molecule has 9 aromatic rings. The maximum atomic E-state index is 2.46. The van der Waals surface area contributed by atoms with Crippen LogP contribution in [0.4, 0.5) is 17.1 Å². The van der Waals surface area contributed by atoms with Gasteiger partial charge in [0.25, 0.3) is 0 Å². The molecule has 0 aromatic heterocycles. The van der Waals surface area contributed by atoms with Crippen LogP contribution in [0.25, 0.3) is 44.5 Å². The number of fused-ring (bicyclic) bond motifs is 3. The lowest BCUT2D eigenvalue weighted by molar-refractivity contribution is 0.767. The molecule has 0 saturated carbocycles. The molecule has 1 aliphatic rings. The van der Waals surface area contributed by atoms with Gasteiger partial charge < -0.3 is 4.90 Å². The molecule has 0 aliphatic heterocycles. The van der Waals surface area contributed by atoms with Crippen LogP contribution in [0, 0.1) is 0 Å². The van der Waals surface area contributed by atoms with Crippen LogP contribution < -0.4 is 4.90 Å². The van der Waals surface area contributed by atoms with Crippen LogP contribution in [0.15, 0.2) is 231 Å². The van der Waals surface area contributed by atoms with Crippen molar-refractivity contribution in [3.63, 3.8) is 0 Å². The van der Waals surface area contributed by atoms with E-state index in [4.69, 9.17) is 0 Å². The lowest BCUT2D eigenvalue weighted by Crippen LogP contribution is -2.30. The summed E-state index contributed by atoms with van der Waals surface area (Å²) in [6, 6.07) is 84.8. The van der Waals surface area contributed by atoms with Gasteiger partial charge in [0.05, 0.1) is 29.0 Å². The number of hydrogen-bond acceptors (Lipinski definition) is 1. The fraction of sp³-hybridized carbons (Fsp3) is 0.0357. The molecule has 0 saturated heterocycles. The smallest absolute Gasteiger partial charge is 0.0955 e. The molecule has 9 aromatic carbocycles. The molecule has 0 bridgehead atoms. The van der Waals surface area contributed by atoms with Crippen molar-refractivity contribution in [3.05, 3.63) is 258 Å². The van der Waals surface area contributed by atoms with E-state index in [1.54, 1.807) is 0 Å². The first-order valence-electron chi connectivity index (χ1n) is 21.0. The minimum atomic E-state index is -0.516. The van der Waals surface area contributed by atoms with Crippen molar-refractivity contribution in [2.75, 3.05) is 4.90 Å². The summed E-state index contributed by atoms with van der Waals surface area (Å²) < 4.78 is 0. The monoisotopic (exact) mass is 763 g/mol. The lowest BCUT2D eigenvalue weighted by atomic mass is 9.40. The van der Waals surface area contributed by atoms with Gasteiger partial charge in [-0.25, -0.2) is 0 Å². The molecule has 1 nitrogen and oxygen atoms in total. The van der Waals surface area contributed by atoms with Gasteiger partial charge in [0.15, 0.2) is 0 Å². The maximum absolute atomic E-state index is 2.46. The highest BCUT2D eigenvalue weighted by Crippen LogP contribution is 2.57. The zero-order valence-electron chi connectivity index (χ0n) is 34.4. The number of benzene rings is 9. The van der Waals surface area contributed by atoms with E-state index in [9.17, 15) is 0 Å². The predicted octanol–water partition coefficient (Wildman–Crippen LogP) is 11.5. The molecule has 1 unspecified atom stereocenters. The highest BCUT2D eigenvalue weighted by Gasteiger charge is 2.46. The van der Waals surface area contributed by atoms with E-state index in [-0.39, 0.29) is 5.11 Å². The first kappa shape index (κ1) is 37.3. The van der Waals surface area contributed by atoms with E-state index < -0.39 is 5.41 Å². The SMILES string of the molecule is BC(B)(B)c1ccc(C2(c3ccccc3)c3ccccc3-c3ccc(N(c4ccc(-c5ccccc5)cc4)c4ccc(-c5ccc(-c6ccccc6)cc5)cc4)cc32)cc1. The molecule has 0 radical (unpaired) electrons. The summed E-state index contributed by atoms with van der Waals surface area (Å²) in [5.74, 6) is 0. The van der Waals surface area contributed by atoms with Gasteiger partial charge in [0.1, 0.15) is 0 Å². The Bertz CT molecular complexity index is 2910. The van der Waals surface area contributed by atoms with Crippen molar-refractivity contribution in [2.24, 2.45) is 0 Å². The van der Waals surface area contributed by atoms with Gasteiger partial charge in [-0.1, -0.05) is 205 Å². The van der Waals surface area contributed by atoms with E-state index in [1.165, 1.54) is 72.3 Å². The van der Waals surface area contributed by atoms with E-state index in [2.05, 4.69) is 259 Å². The summed E-state index contributed by atoms with van der Waals surface area (Å²) >= 11 is 0. The number of rotatable bonds is 9. The Morgan fingerprint density at radius 1 is 0.317 bits per heavy atom. The fourth-order valence-corrected chi connectivity index (χ4v) is 9.27. The van der Waals surface area contributed by atoms with Crippen molar-refractivity contribution >= 4 is 40.6 Å². The van der Waals surface area contributed by atoms with E-state index in [0.717, 1.165) is 17.1 Å². The van der Waals surface area contributed by atoms with Gasteiger partial charge in [-0.05, 0) is 103 Å². The Morgan fingerprint density at radius 2 is 0.700 bits per heavy atom. The van der Waals surface area contributed by atoms with Crippen LogP contribution in [0.3, 0.4) is 0 Å². The van der Waals surface area contributed by atoms with Crippen LogP contribution in [-0.2, 0) is 10.5 Å².